The first kappa shape index (κ1) is 18.7. The number of fused-ring (bicyclic) bond motifs is 1. The third-order valence-electron chi connectivity index (χ3n) is 4.18. The lowest BCUT2D eigenvalue weighted by atomic mass is 10.1. The molecule has 0 fully saturated rings. The van der Waals surface area contributed by atoms with Gasteiger partial charge in [0.1, 0.15) is 10.4 Å². The van der Waals surface area contributed by atoms with E-state index in [1.807, 2.05) is 0 Å². The van der Waals surface area contributed by atoms with Gasteiger partial charge in [0.2, 0.25) is 5.88 Å². The first-order valence-electron chi connectivity index (χ1n) is 8.11. The standard InChI is InChI=1S/C18H10N4O5S2/c23-15(10-6-2-4-8-12(10)22(26)27)20-21-17(25)14(29-18(21)28)13-9-5-1-3-7-11(9)19-16(13)24/h1-8,25H,(H,20,23). The van der Waals surface area contributed by atoms with Gasteiger partial charge < -0.3 is 5.11 Å². The molecule has 11 heteroatoms. The fourth-order valence-electron chi connectivity index (χ4n) is 2.90. The van der Waals surface area contributed by atoms with Gasteiger partial charge in [-0.05, 0) is 24.4 Å². The number of hydrogen-bond donors (Lipinski definition) is 2. The predicted octanol–water partition coefficient (Wildman–Crippen LogP) is 1.64. The first-order chi connectivity index (χ1) is 13.9. The number of carbonyl (C=O) groups is 2. The van der Waals surface area contributed by atoms with Crippen molar-refractivity contribution in [3.63, 3.8) is 0 Å². The minimum atomic E-state index is -0.833. The van der Waals surface area contributed by atoms with Crippen LogP contribution in [0.15, 0.2) is 53.5 Å². The number of amides is 2. The van der Waals surface area contributed by atoms with Crippen molar-refractivity contribution in [1.29, 1.82) is 0 Å². The van der Waals surface area contributed by atoms with Gasteiger partial charge in [0.05, 0.1) is 15.9 Å². The van der Waals surface area contributed by atoms with Crippen molar-refractivity contribution in [1.82, 2.24) is 4.68 Å². The largest absolute Gasteiger partial charge is 0.492 e. The zero-order chi connectivity index (χ0) is 20.7. The van der Waals surface area contributed by atoms with Crippen molar-refractivity contribution in [3.05, 3.63) is 83.6 Å². The number of nitro benzene ring substituents is 1. The highest BCUT2D eigenvalue weighted by atomic mass is 32.1. The fourth-order valence-corrected chi connectivity index (χ4v) is 4.16. The average molecular weight is 426 g/mol. The molecule has 0 aliphatic carbocycles. The van der Waals surface area contributed by atoms with E-state index in [0.29, 0.717) is 10.6 Å². The lowest BCUT2D eigenvalue weighted by molar-refractivity contribution is -0.385. The van der Waals surface area contributed by atoms with Crippen LogP contribution in [0.1, 0.15) is 15.2 Å². The molecule has 144 valence electrons. The average Bonchev–Trinajstić information content (AvgIpc) is 3.17. The highest BCUT2D eigenvalue weighted by Gasteiger charge is 2.27. The Balaban J connectivity index is 1.79. The molecule has 3 aromatic rings. The number of hydrogen-bond acceptors (Lipinski definition) is 7. The number of carbonyl (C=O) groups excluding carboxylic acids is 2. The number of rotatable bonds is 4. The van der Waals surface area contributed by atoms with Crippen molar-refractivity contribution >= 4 is 46.6 Å². The molecule has 0 unspecified atom stereocenters. The Hall–Kier alpha value is -3.70. The summed E-state index contributed by atoms with van der Waals surface area (Å²) in [5.41, 5.74) is 1.93. The van der Waals surface area contributed by atoms with Crippen LogP contribution < -0.4 is 16.0 Å². The molecule has 0 saturated heterocycles. The van der Waals surface area contributed by atoms with Crippen LogP contribution in [0.4, 0.5) is 5.69 Å². The zero-order valence-corrected chi connectivity index (χ0v) is 16.0. The van der Waals surface area contributed by atoms with E-state index < -0.39 is 22.6 Å². The summed E-state index contributed by atoms with van der Waals surface area (Å²) in [5, 5.41) is 22.8. The summed E-state index contributed by atoms with van der Waals surface area (Å²) in [6.07, 6.45) is 0. The number of nitro groups is 1. The van der Waals surface area contributed by atoms with Crippen LogP contribution in [0, 0.1) is 14.1 Å². The summed E-state index contributed by atoms with van der Waals surface area (Å²) < 4.78 is 0.962. The molecular weight excluding hydrogens is 416 g/mol. The molecule has 0 atom stereocenters. The van der Waals surface area contributed by atoms with Crippen molar-refractivity contribution in [2.75, 3.05) is 5.43 Å². The van der Waals surface area contributed by atoms with Crippen molar-refractivity contribution in [3.8, 4) is 5.88 Å². The topological polar surface area (TPSA) is 127 Å². The molecule has 1 aromatic heterocycles. The quantitative estimate of drug-likeness (QED) is 0.371. The van der Waals surface area contributed by atoms with Crippen LogP contribution in [0.3, 0.4) is 0 Å². The second-order valence-corrected chi connectivity index (χ2v) is 7.52. The van der Waals surface area contributed by atoms with E-state index in [0.717, 1.165) is 16.0 Å². The van der Waals surface area contributed by atoms with Gasteiger partial charge in [0.25, 0.3) is 17.5 Å². The van der Waals surface area contributed by atoms with Gasteiger partial charge in [-0.1, -0.05) is 41.7 Å². The summed E-state index contributed by atoms with van der Waals surface area (Å²) in [6, 6.07) is 12.2. The van der Waals surface area contributed by atoms with Crippen molar-refractivity contribution < 1.29 is 19.6 Å². The van der Waals surface area contributed by atoms with Crippen molar-refractivity contribution in [2.45, 2.75) is 0 Å². The summed E-state index contributed by atoms with van der Waals surface area (Å²) in [7, 11) is 0. The summed E-state index contributed by atoms with van der Waals surface area (Å²) in [4.78, 5) is 39.5. The maximum Gasteiger partial charge on any atom is 0.282 e. The number of thiazole rings is 1. The monoisotopic (exact) mass is 426 g/mol. The number of aromatic hydroxyl groups is 1. The van der Waals surface area contributed by atoms with Gasteiger partial charge in [-0.2, -0.15) is 4.68 Å². The van der Waals surface area contributed by atoms with Gasteiger partial charge in [-0.25, -0.2) is 4.99 Å². The smallest absolute Gasteiger partial charge is 0.282 e. The Labute approximate surface area is 171 Å². The fraction of sp³-hybridized carbons (Fsp3) is 0. The van der Waals surface area contributed by atoms with E-state index in [9.17, 15) is 24.8 Å². The Kier molecular flexibility index (Phi) is 4.53. The number of nitrogens with zero attached hydrogens (tertiary/aromatic N) is 3. The molecule has 29 heavy (non-hydrogen) atoms. The minimum Gasteiger partial charge on any atom is -0.492 e. The van der Waals surface area contributed by atoms with Crippen LogP contribution in [-0.4, -0.2) is 26.5 Å². The highest BCUT2D eigenvalue weighted by Crippen LogP contribution is 2.32. The number of benzene rings is 2. The van der Waals surface area contributed by atoms with E-state index in [1.54, 1.807) is 24.3 Å². The normalized spacial score (nSPS) is 12.4. The molecular formula is C18H10N4O5S2. The minimum absolute atomic E-state index is 0.0501. The van der Waals surface area contributed by atoms with Crippen LogP contribution in [-0.2, 0) is 4.79 Å². The van der Waals surface area contributed by atoms with Gasteiger partial charge in [0.15, 0.2) is 3.95 Å². The lowest BCUT2D eigenvalue weighted by Gasteiger charge is -2.08. The molecule has 0 radical (unpaired) electrons. The van der Waals surface area contributed by atoms with E-state index in [4.69, 9.17) is 12.2 Å². The van der Waals surface area contributed by atoms with Crippen LogP contribution in [0.25, 0.3) is 5.57 Å². The van der Waals surface area contributed by atoms with Gasteiger partial charge in [-0.15, -0.1) is 0 Å². The molecule has 1 aliphatic heterocycles. The molecule has 2 N–H and O–H groups in total. The second kappa shape index (κ2) is 7.04. The second-order valence-electron chi connectivity index (χ2n) is 5.88. The van der Waals surface area contributed by atoms with E-state index in [1.165, 1.54) is 24.3 Å². The van der Waals surface area contributed by atoms with E-state index in [-0.39, 0.29) is 25.7 Å². The number of aromatic nitrogens is 1. The first-order valence-corrected chi connectivity index (χ1v) is 9.33. The summed E-state index contributed by atoms with van der Waals surface area (Å²) in [6.45, 7) is 0. The third-order valence-corrected chi connectivity index (χ3v) is 5.56. The molecule has 1 aliphatic rings. The Morgan fingerprint density at radius 1 is 1.21 bits per heavy atom. The number of para-hydroxylation sites is 2. The zero-order valence-electron chi connectivity index (χ0n) is 14.4. The SMILES string of the molecule is O=C1N=c2ccccc2=C1c1sc(=S)n(NC(=O)c2ccccc2[N+](=O)[O-])c1O. The molecule has 2 aromatic carbocycles. The van der Waals surface area contributed by atoms with Gasteiger partial charge >= 0.3 is 0 Å². The Morgan fingerprint density at radius 2 is 1.90 bits per heavy atom. The lowest BCUT2D eigenvalue weighted by Crippen LogP contribution is -2.24. The summed E-state index contributed by atoms with van der Waals surface area (Å²) in [5.74, 6) is -1.82. The molecule has 2 heterocycles. The maximum atomic E-state index is 12.6. The molecule has 2 amide bonds. The van der Waals surface area contributed by atoms with E-state index in [2.05, 4.69) is 10.4 Å². The number of nitrogens with one attached hydrogen (secondary N) is 1. The maximum absolute atomic E-state index is 12.6. The van der Waals surface area contributed by atoms with Crippen LogP contribution >= 0.6 is 23.6 Å². The molecule has 0 spiro atoms. The molecule has 9 nitrogen and oxygen atoms in total. The van der Waals surface area contributed by atoms with Crippen molar-refractivity contribution in [2.24, 2.45) is 4.99 Å². The highest BCUT2D eigenvalue weighted by molar-refractivity contribution is 7.73. The van der Waals surface area contributed by atoms with Crippen LogP contribution in [0.2, 0.25) is 0 Å². The Morgan fingerprint density at radius 3 is 2.66 bits per heavy atom. The van der Waals surface area contributed by atoms with Gasteiger partial charge in [-0.3, -0.25) is 25.1 Å². The van der Waals surface area contributed by atoms with Crippen LogP contribution in [0.5, 0.6) is 5.88 Å². The molecule has 0 bridgehead atoms. The Bertz CT molecular complexity index is 1390. The summed E-state index contributed by atoms with van der Waals surface area (Å²) >= 11 is 6.12. The van der Waals surface area contributed by atoms with E-state index >= 15 is 0 Å². The predicted molar refractivity (Wildman–Crippen MR) is 106 cm³/mol. The third kappa shape index (κ3) is 3.11. The molecule has 4 rings (SSSR count). The molecule has 0 saturated carbocycles. The van der Waals surface area contributed by atoms with Gasteiger partial charge in [0, 0.05) is 11.3 Å².